The Balaban J connectivity index is 2.07. The van der Waals surface area contributed by atoms with E-state index in [4.69, 9.17) is 14.2 Å². The van der Waals surface area contributed by atoms with Crippen molar-refractivity contribution in [2.45, 2.75) is 13.5 Å². The molecule has 29 heavy (non-hydrogen) atoms. The molecule has 0 aliphatic carbocycles. The molecule has 0 fully saturated rings. The number of benzene rings is 2. The van der Waals surface area contributed by atoms with Crippen LogP contribution in [0.1, 0.15) is 12.5 Å². The van der Waals surface area contributed by atoms with E-state index in [1.54, 1.807) is 49.6 Å². The zero-order valence-corrected chi connectivity index (χ0v) is 17.8. The molecule has 0 saturated heterocycles. The van der Waals surface area contributed by atoms with Crippen LogP contribution in [0.3, 0.4) is 0 Å². The first-order chi connectivity index (χ1) is 13.8. The van der Waals surface area contributed by atoms with E-state index in [0.717, 1.165) is 16.1 Å². The molecule has 0 spiro atoms. The van der Waals surface area contributed by atoms with Gasteiger partial charge >= 0.3 is 0 Å². The van der Waals surface area contributed by atoms with Gasteiger partial charge in [-0.1, -0.05) is 6.07 Å². The number of nitrogens with zero attached hydrogens (tertiary/aromatic N) is 1. The smallest absolute Gasteiger partial charge is 0.241 e. The van der Waals surface area contributed by atoms with Gasteiger partial charge in [0.15, 0.2) is 11.5 Å². The number of carbonyl (C=O) groups excluding carboxylic acids is 1. The molecular weight excluding hydrogens is 396 g/mol. The van der Waals surface area contributed by atoms with E-state index in [2.05, 4.69) is 5.32 Å². The summed E-state index contributed by atoms with van der Waals surface area (Å²) in [6.07, 6.45) is 1.06. The van der Waals surface area contributed by atoms with Crippen LogP contribution in [0.5, 0.6) is 17.2 Å². The average Bonchev–Trinajstić information content (AvgIpc) is 2.70. The Morgan fingerprint density at radius 2 is 1.69 bits per heavy atom. The summed E-state index contributed by atoms with van der Waals surface area (Å²) in [5.74, 6) is 1.33. The maximum Gasteiger partial charge on any atom is 0.241 e. The fourth-order valence-corrected chi connectivity index (χ4v) is 3.51. The first kappa shape index (κ1) is 22.4. The zero-order valence-electron chi connectivity index (χ0n) is 17.0. The summed E-state index contributed by atoms with van der Waals surface area (Å²) in [4.78, 5) is 12.4. The number of ether oxygens (including phenoxy) is 3. The monoisotopic (exact) mass is 422 g/mol. The summed E-state index contributed by atoms with van der Waals surface area (Å²) in [6, 6.07) is 11.8. The van der Waals surface area contributed by atoms with Gasteiger partial charge in [0.05, 0.1) is 32.8 Å². The van der Waals surface area contributed by atoms with E-state index in [1.165, 1.54) is 7.11 Å². The van der Waals surface area contributed by atoms with E-state index >= 15 is 0 Å². The fraction of sp³-hybridized carbons (Fsp3) is 0.350. The Kier molecular flexibility index (Phi) is 7.72. The van der Waals surface area contributed by atoms with Crippen molar-refractivity contribution < 1.29 is 27.4 Å². The van der Waals surface area contributed by atoms with Gasteiger partial charge in [0, 0.05) is 6.54 Å². The molecule has 2 aromatic rings. The third-order valence-corrected chi connectivity index (χ3v) is 5.20. The highest BCUT2D eigenvalue weighted by molar-refractivity contribution is 7.92. The lowest BCUT2D eigenvalue weighted by molar-refractivity contribution is -0.119. The molecule has 2 aromatic carbocycles. The first-order valence-corrected chi connectivity index (χ1v) is 10.8. The van der Waals surface area contributed by atoms with Crippen molar-refractivity contribution in [1.82, 2.24) is 5.32 Å². The summed E-state index contributed by atoms with van der Waals surface area (Å²) in [7, 11) is -0.575. The van der Waals surface area contributed by atoms with Gasteiger partial charge in [0.1, 0.15) is 12.3 Å². The van der Waals surface area contributed by atoms with Gasteiger partial charge in [-0.25, -0.2) is 8.42 Å². The number of carbonyl (C=O) groups is 1. The number of sulfonamides is 1. The quantitative estimate of drug-likeness (QED) is 0.631. The Labute approximate surface area is 171 Å². The van der Waals surface area contributed by atoms with Crippen molar-refractivity contribution >= 4 is 21.6 Å². The van der Waals surface area contributed by atoms with Crippen LogP contribution in [0.25, 0.3) is 0 Å². The van der Waals surface area contributed by atoms with Gasteiger partial charge in [0.25, 0.3) is 0 Å². The second-order valence-corrected chi connectivity index (χ2v) is 8.07. The van der Waals surface area contributed by atoms with Crippen molar-refractivity contribution in [3.8, 4) is 17.2 Å². The lowest BCUT2D eigenvalue weighted by atomic mass is 10.2. The van der Waals surface area contributed by atoms with E-state index in [-0.39, 0.29) is 13.1 Å². The molecule has 1 amide bonds. The van der Waals surface area contributed by atoms with E-state index in [1.807, 2.05) is 6.92 Å². The predicted molar refractivity (Wildman–Crippen MR) is 111 cm³/mol. The van der Waals surface area contributed by atoms with Gasteiger partial charge < -0.3 is 19.5 Å². The maximum atomic E-state index is 12.4. The molecule has 0 atom stereocenters. The Morgan fingerprint density at radius 3 is 2.24 bits per heavy atom. The third kappa shape index (κ3) is 6.28. The highest BCUT2D eigenvalue weighted by atomic mass is 32.2. The second-order valence-electron chi connectivity index (χ2n) is 6.16. The summed E-state index contributed by atoms with van der Waals surface area (Å²) < 4.78 is 41.2. The molecule has 0 aromatic heterocycles. The van der Waals surface area contributed by atoms with Gasteiger partial charge in [-0.3, -0.25) is 9.10 Å². The molecule has 0 radical (unpaired) electrons. The van der Waals surface area contributed by atoms with Gasteiger partial charge in [-0.05, 0) is 48.9 Å². The van der Waals surface area contributed by atoms with Gasteiger partial charge in [-0.15, -0.1) is 0 Å². The van der Waals surface area contributed by atoms with Crippen molar-refractivity contribution in [1.29, 1.82) is 0 Å². The molecule has 158 valence electrons. The Morgan fingerprint density at radius 1 is 1.03 bits per heavy atom. The lowest BCUT2D eigenvalue weighted by Gasteiger charge is -2.22. The topological polar surface area (TPSA) is 94.2 Å². The standard InChI is InChI=1S/C20H26N2O6S/c1-5-28-17-9-7-16(8-10-17)22(29(4,24)25)14-20(23)21-13-15-6-11-18(26-2)19(12-15)27-3/h6-12H,5,13-14H2,1-4H3,(H,21,23). The number of nitrogens with one attached hydrogen (secondary N) is 1. The largest absolute Gasteiger partial charge is 0.494 e. The maximum absolute atomic E-state index is 12.4. The fourth-order valence-electron chi connectivity index (χ4n) is 2.65. The highest BCUT2D eigenvalue weighted by Crippen LogP contribution is 2.27. The zero-order chi connectivity index (χ0) is 21.4. The molecule has 0 heterocycles. The minimum Gasteiger partial charge on any atom is -0.494 e. The second kappa shape index (κ2) is 10.0. The highest BCUT2D eigenvalue weighted by Gasteiger charge is 2.21. The van der Waals surface area contributed by atoms with Crippen molar-refractivity contribution in [3.05, 3.63) is 48.0 Å². The van der Waals surface area contributed by atoms with Gasteiger partial charge in [0.2, 0.25) is 15.9 Å². The molecule has 0 unspecified atom stereocenters. The Hall–Kier alpha value is -2.94. The summed E-state index contributed by atoms with van der Waals surface area (Å²) >= 11 is 0. The number of amides is 1. The van der Waals surface area contributed by atoms with Crippen LogP contribution < -0.4 is 23.8 Å². The lowest BCUT2D eigenvalue weighted by Crippen LogP contribution is -2.40. The number of methoxy groups -OCH3 is 2. The summed E-state index contributed by atoms with van der Waals surface area (Å²) in [5, 5.41) is 2.73. The van der Waals surface area contributed by atoms with Crippen LogP contribution in [0.4, 0.5) is 5.69 Å². The molecule has 0 bridgehead atoms. The molecule has 8 nitrogen and oxygen atoms in total. The van der Waals surface area contributed by atoms with E-state index in [0.29, 0.717) is 29.5 Å². The van der Waals surface area contributed by atoms with Crippen molar-refractivity contribution in [3.63, 3.8) is 0 Å². The van der Waals surface area contributed by atoms with Crippen LogP contribution in [-0.4, -0.2) is 48.0 Å². The van der Waals surface area contributed by atoms with Crippen molar-refractivity contribution in [2.24, 2.45) is 0 Å². The molecule has 9 heteroatoms. The minimum atomic E-state index is -3.65. The molecule has 2 rings (SSSR count). The predicted octanol–water partition coefficient (Wildman–Crippen LogP) is 2.18. The molecule has 0 aliphatic rings. The Bertz CT molecular complexity index is 928. The average molecular weight is 423 g/mol. The SMILES string of the molecule is CCOc1ccc(N(CC(=O)NCc2ccc(OC)c(OC)c2)S(C)(=O)=O)cc1. The van der Waals surface area contributed by atoms with Crippen LogP contribution in [0, 0.1) is 0 Å². The molecule has 0 saturated carbocycles. The minimum absolute atomic E-state index is 0.222. The number of rotatable bonds is 10. The molecule has 0 aliphatic heterocycles. The van der Waals surface area contributed by atoms with Crippen LogP contribution in [-0.2, 0) is 21.4 Å². The van der Waals surface area contributed by atoms with E-state index < -0.39 is 15.9 Å². The van der Waals surface area contributed by atoms with E-state index in [9.17, 15) is 13.2 Å². The molecular formula is C20H26N2O6S. The van der Waals surface area contributed by atoms with Crippen LogP contribution >= 0.6 is 0 Å². The molecule has 1 N–H and O–H groups in total. The number of anilines is 1. The third-order valence-electron chi connectivity index (χ3n) is 4.06. The summed E-state index contributed by atoms with van der Waals surface area (Å²) in [5.41, 5.74) is 1.18. The van der Waals surface area contributed by atoms with Crippen LogP contribution in [0.2, 0.25) is 0 Å². The van der Waals surface area contributed by atoms with Crippen molar-refractivity contribution in [2.75, 3.05) is 37.9 Å². The number of hydrogen-bond acceptors (Lipinski definition) is 6. The van der Waals surface area contributed by atoms with Gasteiger partial charge in [-0.2, -0.15) is 0 Å². The van der Waals surface area contributed by atoms with Crippen LogP contribution in [0.15, 0.2) is 42.5 Å². The summed E-state index contributed by atoms with van der Waals surface area (Å²) in [6.45, 7) is 2.26. The number of hydrogen-bond donors (Lipinski definition) is 1. The normalized spacial score (nSPS) is 10.9. The first-order valence-electron chi connectivity index (χ1n) is 8.96.